The summed E-state index contributed by atoms with van der Waals surface area (Å²) in [7, 11) is 3.81. The Labute approximate surface area is 524 Å². The number of sulfonamides is 1. The number of anilines is 4. The second-order valence-electron chi connectivity index (χ2n) is 23.1. The zero-order chi connectivity index (χ0) is 64.1. The monoisotopic (exact) mass is 1260 g/mol. The minimum absolute atomic E-state index is 0.0143. The van der Waals surface area contributed by atoms with Crippen LogP contribution in [0.2, 0.25) is 0 Å². The van der Waals surface area contributed by atoms with Crippen molar-refractivity contribution in [1.82, 2.24) is 43.8 Å². The molecule has 3 aromatic carbocycles. The van der Waals surface area contributed by atoms with Crippen LogP contribution in [0.4, 0.5) is 23.1 Å². The number of nitrogens with zero attached hydrogens (tertiary/aromatic N) is 9. The summed E-state index contributed by atoms with van der Waals surface area (Å²) in [6, 6.07) is 16.4. The molecule has 0 radical (unpaired) electrons. The molecule has 1 aliphatic carbocycles. The van der Waals surface area contributed by atoms with E-state index < -0.39 is 10.0 Å². The van der Waals surface area contributed by atoms with Crippen molar-refractivity contribution in [3.63, 3.8) is 0 Å². The lowest BCUT2D eigenvalue weighted by molar-refractivity contribution is -0.131. The van der Waals surface area contributed by atoms with Crippen molar-refractivity contribution >= 4 is 72.8 Å². The molecule has 0 spiro atoms. The average Bonchev–Trinajstić information content (AvgIpc) is 1.17. The van der Waals surface area contributed by atoms with Crippen LogP contribution in [0.3, 0.4) is 0 Å². The highest BCUT2D eigenvalue weighted by Gasteiger charge is 2.28. The fourth-order valence-corrected chi connectivity index (χ4v) is 12.7. The normalized spacial score (nSPS) is 13.7. The maximum absolute atomic E-state index is 13.9. The van der Waals surface area contributed by atoms with Crippen molar-refractivity contribution < 1.29 is 46.5 Å². The van der Waals surface area contributed by atoms with E-state index in [-0.39, 0.29) is 69.1 Å². The number of ketones is 1. The zero-order valence-corrected chi connectivity index (χ0v) is 53.7. The molecule has 2 aliphatic rings. The Hall–Kier alpha value is -8.71. The van der Waals surface area contributed by atoms with E-state index in [0.29, 0.717) is 128 Å². The molecule has 24 nitrogen and oxygen atoms in total. The Morgan fingerprint density at radius 2 is 1.44 bits per heavy atom. The number of carbonyl (C=O) groups is 3. The van der Waals surface area contributed by atoms with Gasteiger partial charge < -0.3 is 44.1 Å². The highest BCUT2D eigenvalue weighted by molar-refractivity contribution is 7.92. The van der Waals surface area contributed by atoms with E-state index in [9.17, 15) is 32.4 Å². The first-order chi connectivity index (χ1) is 43.4. The molecule has 2 fully saturated rings. The number of Topliss-reactive ketones (excluding diaryl/α,β-unsaturated/α-hetero) is 1. The summed E-state index contributed by atoms with van der Waals surface area (Å²) < 4.78 is 64.3. The van der Waals surface area contributed by atoms with Gasteiger partial charge in [-0.15, -0.1) is 0 Å². The van der Waals surface area contributed by atoms with Crippen molar-refractivity contribution in [3.8, 4) is 34.5 Å². The summed E-state index contributed by atoms with van der Waals surface area (Å²) in [5.74, 6) is 2.76. The predicted molar refractivity (Wildman–Crippen MR) is 346 cm³/mol. The SMILES string of the molecule is CCCOc1cc(OCCCCN(C)CC(=O)NCCCCCCCC(=O)N2CCN(c3ccc(Nc4ncc5c(C)c(C(C)=O)c(=O)n(C6CCCC6)c5n4)nc3)CC2)cc(Oc2cc3c(cc2NS(=O)(=O)c2ccc(OC)c(OC)c2)n(C)c(=O)n3C)c1. The quantitative estimate of drug-likeness (QED) is 0.0270. The van der Waals surface area contributed by atoms with Crippen LogP contribution in [0.1, 0.15) is 119 Å². The van der Waals surface area contributed by atoms with Crippen molar-refractivity contribution in [2.75, 3.05) is 95.2 Å². The smallest absolute Gasteiger partial charge is 0.328 e. The Morgan fingerprint density at radius 3 is 2.13 bits per heavy atom. The van der Waals surface area contributed by atoms with Gasteiger partial charge in [0.2, 0.25) is 17.8 Å². The summed E-state index contributed by atoms with van der Waals surface area (Å²) in [6.07, 6.45) is 14.6. The first-order valence-corrected chi connectivity index (χ1v) is 32.5. The lowest BCUT2D eigenvalue weighted by Crippen LogP contribution is -2.48. The second-order valence-corrected chi connectivity index (χ2v) is 24.8. The van der Waals surface area contributed by atoms with E-state index in [1.54, 1.807) is 68.3 Å². The number of benzene rings is 3. The number of hydrogen-bond donors (Lipinski definition) is 3. The lowest BCUT2D eigenvalue weighted by atomic mass is 10.0. The van der Waals surface area contributed by atoms with Crippen LogP contribution in [0.25, 0.3) is 22.1 Å². The van der Waals surface area contributed by atoms with Gasteiger partial charge in [-0.25, -0.2) is 23.2 Å². The highest BCUT2D eigenvalue weighted by atomic mass is 32.2. The standard InChI is InChI=1S/C65H84N12O12S/c1-9-32-87-47-34-48(36-49(35-47)89-56-39-54-53(73(5)65(82)74(54)6)38-52(56)71-90(83,84)50-23-24-55(85-7)57(37-50)86-8)88-33-18-17-27-72(4)42-59(79)66-26-16-12-10-11-13-21-60(80)76-30-28-75(29-31-76)46-22-25-58(67-40-46)69-64-68-41-51-43(2)61(44(3)78)63(81)77(62(51)70-64)45-19-14-15-20-45/h22-25,34-41,45,71H,9-21,26-33,42H2,1-8H3,(H,66,79)(H,67,68,69,70). The molecule has 7 aromatic rings. The molecule has 482 valence electrons. The number of aryl methyl sites for hydroxylation is 3. The molecule has 2 amide bonds. The van der Waals surface area contributed by atoms with E-state index in [1.165, 1.54) is 48.5 Å². The van der Waals surface area contributed by atoms with Crippen LogP contribution in [0.15, 0.2) is 87.5 Å². The maximum atomic E-state index is 13.9. The van der Waals surface area contributed by atoms with Gasteiger partial charge >= 0.3 is 5.69 Å². The summed E-state index contributed by atoms with van der Waals surface area (Å²) in [5, 5.41) is 6.93. The third-order valence-corrected chi connectivity index (χ3v) is 17.9. The number of hydrogen-bond acceptors (Lipinski definition) is 18. The van der Waals surface area contributed by atoms with Gasteiger partial charge in [-0.3, -0.25) is 42.5 Å². The van der Waals surface area contributed by atoms with Crippen LogP contribution in [0.5, 0.6) is 34.5 Å². The third-order valence-electron chi connectivity index (χ3n) is 16.6. The lowest BCUT2D eigenvalue weighted by Gasteiger charge is -2.36. The third kappa shape index (κ3) is 16.0. The molecule has 0 bridgehead atoms. The first-order valence-electron chi connectivity index (χ1n) is 31.0. The van der Waals surface area contributed by atoms with Crippen LogP contribution < -0.4 is 55.2 Å². The van der Waals surface area contributed by atoms with Crippen molar-refractivity contribution in [3.05, 3.63) is 105 Å². The molecule has 0 unspecified atom stereocenters. The number of imidazole rings is 1. The van der Waals surface area contributed by atoms with Gasteiger partial charge in [0.25, 0.3) is 15.6 Å². The number of pyridine rings is 2. The highest BCUT2D eigenvalue weighted by Crippen LogP contribution is 2.39. The summed E-state index contributed by atoms with van der Waals surface area (Å²) in [5.41, 5.74) is 2.76. The molecule has 1 aliphatic heterocycles. The topological polar surface area (TPSA) is 265 Å². The number of amides is 2. The van der Waals surface area contributed by atoms with Crippen molar-refractivity contribution in [2.24, 2.45) is 14.1 Å². The first kappa shape index (κ1) is 65.7. The number of piperazine rings is 1. The Kier molecular flexibility index (Phi) is 22.1. The number of unbranched alkanes of at least 4 members (excludes halogenated alkanes) is 5. The van der Waals surface area contributed by atoms with Crippen LogP contribution in [-0.2, 0) is 33.7 Å². The minimum atomic E-state index is -4.21. The van der Waals surface area contributed by atoms with Gasteiger partial charge in [0.05, 0.1) is 73.0 Å². The zero-order valence-electron chi connectivity index (χ0n) is 52.9. The van der Waals surface area contributed by atoms with Crippen molar-refractivity contribution in [1.29, 1.82) is 0 Å². The predicted octanol–water partition coefficient (Wildman–Crippen LogP) is 9.04. The Balaban J connectivity index is 0.655. The van der Waals surface area contributed by atoms with E-state index in [1.807, 2.05) is 35.9 Å². The number of aromatic nitrogens is 6. The van der Waals surface area contributed by atoms with Gasteiger partial charge in [0.15, 0.2) is 23.0 Å². The average molecular weight is 1260 g/mol. The maximum Gasteiger partial charge on any atom is 0.328 e. The second kappa shape index (κ2) is 30.2. The number of methoxy groups -OCH3 is 2. The molecule has 90 heavy (non-hydrogen) atoms. The number of rotatable bonds is 31. The molecule has 9 rings (SSSR count). The van der Waals surface area contributed by atoms with E-state index >= 15 is 0 Å². The van der Waals surface area contributed by atoms with E-state index in [0.717, 1.165) is 76.3 Å². The van der Waals surface area contributed by atoms with Gasteiger partial charge in [0, 0.05) is 101 Å². The van der Waals surface area contributed by atoms with Crippen LogP contribution in [-0.4, -0.2) is 145 Å². The fourth-order valence-electron chi connectivity index (χ4n) is 11.7. The number of nitrogens with one attached hydrogen (secondary N) is 3. The summed E-state index contributed by atoms with van der Waals surface area (Å²) in [4.78, 5) is 85.1. The summed E-state index contributed by atoms with van der Waals surface area (Å²) in [6.45, 7) is 10.2. The molecule has 1 saturated heterocycles. The number of likely N-dealkylation sites (N-methyl/N-ethyl adjacent to an activating group) is 1. The van der Waals surface area contributed by atoms with Gasteiger partial charge in [-0.05, 0) is 108 Å². The largest absolute Gasteiger partial charge is 0.493 e. The van der Waals surface area contributed by atoms with Crippen LogP contribution in [0, 0.1) is 6.92 Å². The van der Waals surface area contributed by atoms with Gasteiger partial charge in [-0.2, -0.15) is 4.98 Å². The van der Waals surface area contributed by atoms with E-state index in [4.69, 9.17) is 28.7 Å². The van der Waals surface area contributed by atoms with E-state index in [2.05, 4.69) is 30.2 Å². The minimum Gasteiger partial charge on any atom is -0.493 e. The molecule has 0 atom stereocenters. The van der Waals surface area contributed by atoms with Crippen LogP contribution >= 0.6 is 0 Å². The van der Waals surface area contributed by atoms with Gasteiger partial charge in [0.1, 0.15) is 28.7 Å². The number of ether oxygens (including phenoxy) is 5. The Morgan fingerprint density at radius 1 is 0.756 bits per heavy atom. The Bertz CT molecular complexity index is 3930. The molecule has 3 N–H and O–H groups in total. The summed E-state index contributed by atoms with van der Waals surface area (Å²) >= 11 is 0. The number of carbonyl (C=O) groups excluding carboxylic acids is 3. The molecule has 4 aromatic heterocycles. The molecular weight excluding hydrogens is 1170 g/mol. The molecule has 25 heteroatoms. The van der Waals surface area contributed by atoms with Crippen molar-refractivity contribution in [2.45, 2.75) is 115 Å². The molecular formula is C65H84N12O12S. The molecule has 1 saturated carbocycles. The number of fused-ring (bicyclic) bond motifs is 2. The fraction of sp³-hybridized carbons (Fsp3) is 0.477. The van der Waals surface area contributed by atoms with Gasteiger partial charge in [-0.1, -0.05) is 39.0 Å². The molecule has 5 heterocycles.